The van der Waals surface area contributed by atoms with E-state index in [9.17, 15) is 24.3 Å². The van der Waals surface area contributed by atoms with Crippen LogP contribution in [0.5, 0.6) is 0 Å². The molecule has 3 rings (SSSR count). The molecule has 7 nitrogen and oxygen atoms in total. The number of aryl methyl sites for hydroxylation is 2. The van der Waals surface area contributed by atoms with Crippen LogP contribution in [0.2, 0.25) is 0 Å². The average Bonchev–Trinajstić information content (AvgIpc) is 2.93. The summed E-state index contributed by atoms with van der Waals surface area (Å²) in [6.07, 6.45) is 0.892. The molecule has 0 saturated carbocycles. The number of carbonyl (C=O) groups is 4. The Kier molecular flexibility index (Phi) is 5.50. The zero-order valence-electron chi connectivity index (χ0n) is 16.5. The highest BCUT2D eigenvalue weighted by Gasteiger charge is 2.38. The van der Waals surface area contributed by atoms with E-state index < -0.39 is 29.7 Å². The summed E-state index contributed by atoms with van der Waals surface area (Å²) in [5.41, 5.74) is 2.69. The number of amides is 3. The van der Waals surface area contributed by atoms with Crippen LogP contribution in [0.25, 0.3) is 0 Å². The van der Waals surface area contributed by atoms with Crippen LogP contribution in [-0.2, 0) is 4.79 Å². The molecule has 1 aliphatic rings. The molecule has 29 heavy (non-hydrogen) atoms. The summed E-state index contributed by atoms with van der Waals surface area (Å²) in [7, 11) is 0. The molecular formula is C22H22N2O5. The third-order valence-corrected chi connectivity index (χ3v) is 4.94. The van der Waals surface area contributed by atoms with Gasteiger partial charge in [0.15, 0.2) is 0 Å². The van der Waals surface area contributed by atoms with Gasteiger partial charge in [0, 0.05) is 5.56 Å². The Bertz CT molecular complexity index is 1030. The second kappa shape index (κ2) is 7.87. The Morgan fingerprint density at radius 2 is 1.72 bits per heavy atom. The van der Waals surface area contributed by atoms with Crippen molar-refractivity contribution in [2.75, 3.05) is 4.90 Å². The smallest absolute Gasteiger partial charge is 0.326 e. The monoisotopic (exact) mass is 394 g/mol. The van der Waals surface area contributed by atoms with Crippen LogP contribution in [0.1, 0.15) is 62.0 Å². The van der Waals surface area contributed by atoms with Crippen LogP contribution in [0, 0.1) is 13.8 Å². The van der Waals surface area contributed by atoms with Crippen molar-refractivity contribution < 1.29 is 24.3 Å². The number of aliphatic carboxylic acids is 1. The number of nitrogens with zero attached hydrogens (tertiary/aromatic N) is 1. The molecule has 7 heteroatoms. The van der Waals surface area contributed by atoms with Gasteiger partial charge >= 0.3 is 5.97 Å². The molecule has 1 aliphatic heterocycles. The SMILES string of the molecule is CCCC(NC(=O)c1ccc2c(c1)C(=O)N(c1cc(C)ccc1C)C2=O)C(=O)O. The van der Waals surface area contributed by atoms with Gasteiger partial charge in [-0.15, -0.1) is 0 Å². The van der Waals surface area contributed by atoms with Crippen LogP contribution in [0.4, 0.5) is 5.69 Å². The molecule has 0 fully saturated rings. The number of hydrogen-bond donors (Lipinski definition) is 2. The van der Waals surface area contributed by atoms with Crippen molar-refractivity contribution in [3.63, 3.8) is 0 Å². The van der Waals surface area contributed by atoms with Gasteiger partial charge in [0.1, 0.15) is 6.04 Å². The van der Waals surface area contributed by atoms with Crippen molar-refractivity contribution in [1.29, 1.82) is 0 Å². The van der Waals surface area contributed by atoms with Crippen LogP contribution >= 0.6 is 0 Å². The number of hydrogen-bond acceptors (Lipinski definition) is 4. The number of nitrogens with one attached hydrogen (secondary N) is 1. The van der Waals surface area contributed by atoms with E-state index in [0.29, 0.717) is 18.5 Å². The Hall–Kier alpha value is -3.48. The summed E-state index contributed by atoms with van der Waals surface area (Å²) < 4.78 is 0. The number of rotatable bonds is 6. The van der Waals surface area contributed by atoms with Gasteiger partial charge in [-0.1, -0.05) is 25.5 Å². The summed E-state index contributed by atoms with van der Waals surface area (Å²) in [4.78, 5) is 50.7. The maximum absolute atomic E-state index is 13.0. The molecule has 1 heterocycles. The molecule has 0 saturated heterocycles. The maximum Gasteiger partial charge on any atom is 0.326 e. The minimum absolute atomic E-state index is 0.130. The fourth-order valence-corrected chi connectivity index (χ4v) is 3.35. The highest BCUT2D eigenvalue weighted by Crippen LogP contribution is 2.31. The zero-order valence-corrected chi connectivity index (χ0v) is 16.5. The highest BCUT2D eigenvalue weighted by atomic mass is 16.4. The van der Waals surface area contributed by atoms with Crippen molar-refractivity contribution >= 4 is 29.4 Å². The molecule has 150 valence electrons. The van der Waals surface area contributed by atoms with E-state index in [1.165, 1.54) is 18.2 Å². The number of imide groups is 1. The minimum atomic E-state index is -1.12. The third-order valence-electron chi connectivity index (χ3n) is 4.94. The fraction of sp³-hybridized carbons (Fsp3) is 0.273. The molecular weight excluding hydrogens is 372 g/mol. The third kappa shape index (κ3) is 3.76. The highest BCUT2D eigenvalue weighted by molar-refractivity contribution is 6.35. The molecule has 1 atom stereocenters. The topological polar surface area (TPSA) is 104 Å². The summed E-state index contributed by atoms with van der Waals surface area (Å²) in [5.74, 6) is -2.66. The largest absolute Gasteiger partial charge is 0.480 e. The predicted octanol–water partition coefficient (Wildman–Crippen LogP) is 3.09. The first kappa shape index (κ1) is 20.3. The number of fused-ring (bicyclic) bond motifs is 1. The molecule has 2 N–H and O–H groups in total. The van der Waals surface area contributed by atoms with Crippen LogP contribution in [0.3, 0.4) is 0 Å². The second-order valence-corrected chi connectivity index (χ2v) is 7.15. The Morgan fingerprint density at radius 1 is 1.03 bits per heavy atom. The molecule has 1 unspecified atom stereocenters. The zero-order chi connectivity index (χ0) is 21.3. The molecule has 0 radical (unpaired) electrons. The van der Waals surface area contributed by atoms with E-state index in [2.05, 4.69) is 5.32 Å². The van der Waals surface area contributed by atoms with Gasteiger partial charge in [0.25, 0.3) is 17.7 Å². The summed E-state index contributed by atoms with van der Waals surface area (Å²) in [6, 6.07) is 8.71. The first-order valence-corrected chi connectivity index (χ1v) is 9.38. The van der Waals surface area contributed by atoms with Gasteiger partial charge in [0.05, 0.1) is 16.8 Å². The van der Waals surface area contributed by atoms with Gasteiger partial charge in [0.2, 0.25) is 0 Å². The van der Waals surface area contributed by atoms with E-state index in [4.69, 9.17) is 0 Å². The average molecular weight is 394 g/mol. The van der Waals surface area contributed by atoms with E-state index in [0.717, 1.165) is 16.0 Å². The lowest BCUT2D eigenvalue weighted by Crippen LogP contribution is -2.40. The number of benzene rings is 2. The van der Waals surface area contributed by atoms with Gasteiger partial charge in [-0.3, -0.25) is 14.4 Å². The van der Waals surface area contributed by atoms with Crippen molar-refractivity contribution in [3.05, 3.63) is 64.2 Å². The van der Waals surface area contributed by atoms with Crippen LogP contribution in [-0.4, -0.2) is 34.8 Å². The van der Waals surface area contributed by atoms with Crippen LogP contribution < -0.4 is 10.2 Å². The first-order chi connectivity index (χ1) is 13.7. The maximum atomic E-state index is 13.0. The number of carboxylic acid groups (broad SMARTS) is 1. The molecule has 3 amide bonds. The summed E-state index contributed by atoms with van der Waals surface area (Å²) >= 11 is 0. The predicted molar refractivity (Wildman–Crippen MR) is 107 cm³/mol. The molecule has 0 aromatic heterocycles. The van der Waals surface area contributed by atoms with Crippen molar-refractivity contribution in [2.45, 2.75) is 39.7 Å². The lowest BCUT2D eigenvalue weighted by molar-refractivity contribution is -0.139. The van der Waals surface area contributed by atoms with Gasteiger partial charge in [-0.05, 0) is 55.7 Å². The lowest BCUT2D eigenvalue weighted by atomic mass is 10.0. The standard InChI is InChI=1S/C22H22N2O5/c1-4-5-17(22(28)29)23-19(25)14-8-9-15-16(11-14)21(27)24(20(15)26)18-10-12(2)6-7-13(18)3/h6-11,17H,4-5H2,1-3H3,(H,23,25)(H,28,29). The minimum Gasteiger partial charge on any atom is -0.480 e. The fourth-order valence-electron chi connectivity index (χ4n) is 3.35. The van der Waals surface area contributed by atoms with Gasteiger partial charge < -0.3 is 10.4 Å². The number of carbonyl (C=O) groups excluding carboxylic acids is 3. The summed E-state index contributed by atoms with van der Waals surface area (Å²) in [5, 5.41) is 11.7. The Balaban J connectivity index is 1.92. The molecule has 0 spiro atoms. The van der Waals surface area contributed by atoms with Crippen molar-refractivity contribution in [1.82, 2.24) is 5.32 Å². The van der Waals surface area contributed by atoms with Gasteiger partial charge in [-0.2, -0.15) is 0 Å². The van der Waals surface area contributed by atoms with E-state index >= 15 is 0 Å². The molecule has 2 aromatic rings. The summed E-state index contributed by atoms with van der Waals surface area (Å²) in [6.45, 7) is 5.51. The van der Waals surface area contributed by atoms with Crippen molar-refractivity contribution in [3.8, 4) is 0 Å². The molecule has 0 bridgehead atoms. The van der Waals surface area contributed by atoms with Gasteiger partial charge in [-0.25, -0.2) is 9.69 Å². The lowest BCUT2D eigenvalue weighted by Gasteiger charge is -2.17. The van der Waals surface area contributed by atoms with E-state index in [1.54, 1.807) is 6.07 Å². The van der Waals surface area contributed by atoms with E-state index in [1.807, 2.05) is 32.9 Å². The molecule has 2 aromatic carbocycles. The molecule has 0 aliphatic carbocycles. The normalized spacial score (nSPS) is 14.0. The van der Waals surface area contributed by atoms with Crippen molar-refractivity contribution in [2.24, 2.45) is 0 Å². The quantitative estimate of drug-likeness (QED) is 0.733. The number of anilines is 1. The Morgan fingerprint density at radius 3 is 2.38 bits per heavy atom. The first-order valence-electron chi connectivity index (χ1n) is 9.38. The second-order valence-electron chi connectivity index (χ2n) is 7.15. The van der Waals surface area contributed by atoms with Crippen LogP contribution in [0.15, 0.2) is 36.4 Å². The Labute approximate surface area is 168 Å². The van der Waals surface area contributed by atoms with E-state index in [-0.39, 0.29) is 16.7 Å². The number of carboxylic acids is 1.